The number of esters is 2. The number of benzene rings is 2. The number of amides is 1. The summed E-state index contributed by atoms with van der Waals surface area (Å²) in [6, 6.07) is 10.8. The zero-order chi connectivity index (χ0) is 31.3. The lowest BCUT2D eigenvalue weighted by Gasteiger charge is -2.21. The normalized spacial score (nSPS) is 13.3. The van der Waals surface area contributed by atoms with Gasteiger partial charge in [-0.25, -0.2) is 4.79 Å². The third-order valence-electron chi connectivity index (χ3n) is 6.02. The van der Waals surface area contributed by atoms with Crippen LogP contribution in [0.1, 0.15) is 31.9 Å². The van der Waals surface area contributed by atoms with Crippen molar-refractivity contribution in [1.29, 1.82) is 0 Å². The first-order valence-corrected chi connectivity index (χ1v) is 14.5. The Labute approximate surface area is 245 Å². The van der Waals surface area contributed by atoms with Crippen molar-refractivity contribution < 1.29 is 41.2 Å². The van der Waals surface area contributed by atoms with Gasteiger partial charge in [-0.1, -0.05) is 48.8 Å². The largest absolute Gasteiger partial charge is 0.493 e. The summed E-state index contributed by atoms with van der Waals surface area (Å²) in [7, 11) is -2.83. The van der Waals surface area contributed by atoms with E-state index in [1.54, 1.807) is 50.2 Å². The van der Waals surface area contributed by atoms with Crippen molar-refractivity contribution in [3.63, 3.8) is 0 Å². The van der Waals surface area contributed by atoms with Crippen molar-refractivity contribution in [1.82, 2.24) is 5.32 Å². The number of hydrogen-bond donors (Lipinski definition) is 1. The van der Waals surface area contributed by atoms with Gasteiger partial charge in [0.2, 0.25) is 5.91 Å². The number of carbonyl (C=O) groups is 3. The molecule has 0 aliphatic rings. The molecule has 228 valence electrons. The molecule has 42 heavy (non-hydrogen) atoms. The van der Waals surface area contributed by atoms with Gasteiger partial charge in [0.25, 0.3) is 10.1 Å². The van der Waals surface area contributed by atoms with Gasteiger partial charge >= 0.3 is 11.9 Å². The Bertz CT molecular complexity index is 1360. The fraction of sp³-hybridized carbons (Fsp3) is 0.464. The molecule has 0 radical (unpaired) electrons. The van der Waals surface area contributed by atoms with Crippen molar-refractivity contribution in [3.8, 4) is 5.75 Å². The van der Waals surface area contributed by atoms with Gasteiger partial charge in [-0.2, -0.15) is 8.42 Å². The second kappa shape index (κ2) is 16.3. The number of nitrogens with one attached hydrogen (secondary N) is 1. The van der Waals surface area contributed by atoms with Gasteiger partial charge in [0.15, 0.2) is 0 Å². The molecule has 0 fully saturated rings. The fourth-order valence-electron chi connectivity index (χ4n) is 3.65. The van der Waals surface area contributed by atoms with Crippen LogP contribution < -0.4 is 10.1 Å². The Balaban J connectivity index is 2.05. The third kappa shape index (κ3) is 11.0. The van der Waals surface area contributed by atoms with E-state index in [1.165, 1.54) is 26.2 Å². The Morgan fingerprint density at radius 2 is 1.64 bits per heavy atom. The summed E-state index contributed by atoms with van der Waals surface area (Å²) >= 11 is 0. The lowest BCUT2D eigenvalue weighted by molar-refractivity contribution is -0.145. The predicted octanol–water partition coefficient (Wildman–Crippen LogP) is 3.49. The number of aryl methyl sites for hydroxylation is 1. The van der Waals surface area contributed by atoms with E-state index in [2.05, 4.69) is 15.3 Å². The van der Waals surface area contributed by atoms with Gasteiger partial charge in [-0.3, -0.25) is 13.8 Å². The van der Waals surface area contributed by atoms with E-state index in [1.807, 2.05) is 6.92 Å². The molecule has 0 aliphatic carbocycles. The lowest BCUT2D eigenvalue weighted by Crippen LogP contribution is -2.47. The Kier molecular flexibility index (Phi) is 13.3. The summed E-state index contributed by atoms with van der Waals surface area (Å²) in [4.78, 5) is 39.0. The summed E-state index contributed by atoms with van der Waals surface area (Å²) in [6.45, 7) is 6.09. The molecule has 13 nitrogen and oxygen atoms in total. The van der Waals surface area contributed by atoms with Gasteiger partial charge in [0.05, 0.1) is 37.7 Å². The predicted molar refractivity (Wildman–Crippen MR) is 152 cm³/mol. The highest BCUT2D eigenvalue weighted by molar-refractivity contribution is 7.86. The number of methoxy groups -OCH3 is 1. The Morgan fingerprint density at radius 3 is 2.19 bits per heavy atom. The summed E-state index contributed by atoms with van der Waals surface area (Å²) < 4.78 is 46.0. The van der Waals surface area contributed by atoms with Crippen LogP contribution in [0.4, 0.5) is 0 Å². The minimum Gasteiger partial charge on any atom is -0.493 e. The number of ether oxygens (including phenoxy) is 3. The quantitative estimate of drug-likeness (QED) is 0.0985. The maximum absolute atomic E-state index is 12.6. The summed E-state index contributed by atoms with van der Waals surface area (Å²) in [5.41, 5.74) is 10.3. The first-order chi connectivity index (χ1) is 19.9. The smallest absolute Gasteiger partial charge is 0.328 e. The standard InChI is InChI=1S/C28H36N4O9S/c1-18(2)26(31-32-29)27(34)30-25(28(35)38-5)14-21-8-10-23(11-9-21)40-16-22(15-39-20(4)33)17-41-42(36,37)24-12-6-19(3)7-13-24/h6-13,18,22,25-26H,14-17H2,1-5H3,(H,30,34)/t22?,25?,26-/m0/s1. The minimum absolute atomic E-state index is 0.00908. The van der Waals surface area contributed by atoms with Gasteiger partial charge < -0.3 is 19.5 Å². The number of nitrogens with zero attached hydrogens (tertiary/aromatic N) is 3. The van der Waals surface area contributed by atoms with E-state index in [9.17, 15) is 22.8 Å². The molecule has 1 amide bonds. The highest BCUT2D eigenvalue weighted by atomic mass is 32.2. The van der Waals surface area contributed by atoms with Crippen molar-refractivity contribution in [2.75, 3.05) is 26.9 Å². The minimum atomic E-state index is -4.03. The first kappa shape index (κ1) is 34.1. The van der Waals surface area contributed by atoms with Crippen LogP contribution in [0.25, 0.3) is 10.4 Å². The van der Waals surface area contributed by atoms with Crippen molar-refractivity contribution in [2.24, 2.45) is 17.0 Å². The molecule has 0 saturated carbocycles. The lowest BCUT2D eigenvalue weighted by atomic mass is 10.0. The molecule has 2 rings (SSSR count). The second-order valence-electron chi connectivity index (χ2n) is 9.86. The van der Waals surface area contributed by atoms with E-state index < -0.39 is 46.0 Å². The fourth-order valence-corrected chi connectivity index (χ4v) is 4.62. The molecule has 0 saturated heterocycles. The van der Waals surface area contributed by atoms with Crippen LogP contribution in [0.15, 0.2) is 58.5 Å². The second-order valence-corrected chi connectivity index (χ2v) is 11.5. The zero-order valence-corrected chi connectivity index (χ0v) is 25.0. The van der Waals surface area contributed by atoms with Crippen LogP contribution in [0.5, 0.6) is 5.75 Å². The van der Waals surface area contributed by atoms with Crippen LogP contribution in [-0.2, 0) is 44.6 Å². The Hall–Kier alpha value is -4.13. The molecule has 0 aliphatic heterocycles. The van der Waals surface area contributed by atoms with Crippen LogP contribution in [0.3, 0.4) is 0 Å². The van der Waals surface area contributed by atoms with E-state index in [4.69, 9.17) is 23.9 Å². The number of carbonyl (C=O) groups excluding carboxylic acids is 3. The van der Waals surface area contributed by atoms with E-state index >= 15 is 0 Å². The molecular formula is C28H36N4O9S. The average molecular weight is 605 g/mol. The highest BCUT2D eigenvalue weighted by Crippen LogP contribution is 2.18. The molecule has 0 spiro atoms. The summed E-state index contributed by atoms with van der Waals surface area (Å²) in [5.74, 6) is -2.25. The maximum atomic E-state index is 12.6. The van der Waals surface area contributed by atoms with E-state index in [-0.39, 0.29) is 37.1 Å². The molecule has 2 aromatic carbocycles. The molecule has 0 heterocycles. The Morgan fingerprint density at radius 1 is 1.00 bits per heavy atom. The molecule has 2 aromatic rings. The molecule has 2 unspecified atom stereocenters. The summed E-state index contributed by atoms with van der Waals surface area (Å²) in [6.07, 6.45) is 0.0968. The third-order valence-corrected chi connectivity index (χ3v) is 7.31. The monoisotopic (exact) mass is 604 g/mol. The first-order valence-electron chi connectivity index (χ1n) is 13.1. The van der Waals surface area contributed by atoms with Gasteiger partial charge in [-0.05, 0) is 48.2 Å². The maximum Gasteiger partial charge on any atom is 0.328 e. The molecular weight excluding hydrogens is 568 g/mol. The van der Waals surface area contributed by atoms with Crippen LogP contribution in [0, 0.1) is 18.8 Å². The summed E-state index contributed by atoms with van der Waals surface area (Å²) in [5, 5.41) is 6.10. The SMILES string of the molecule is COC(=O)C(Cc1ccc(OCC(COC(C)=O)COS(=O)(=O)c2ccc(C)cc2)cc1)NC(=O)[C@@H](N=[N+]=[N-])C(C)C. The van der Waals surface area contributed by atoms with Crippen LogP contribution >= 0.6 is 0 Å². The molecule has 0 bridgehead atoms. The van der Waals surface area contributed by atoms with Gasteiger partial charge in [0.1, 0.15) is 17.8 Å². The van der Waals surface area contributed by atoms with Crippen molar-refractivity contribution in [3.05, 3.63) is 70.1 Å². The van der Waals surface area contributed by atoms with Crippen molar-refractivity contribution >= 4 is 28.0 Å². The van der Waals surface area contributed by atoms with Crippen LogP contribution in [-0.4, -0.2) is 65.3 Å². The van der Waals surface area contributed by atoms with E-state index in [0.29, 0.717) is 11.3 Å². The van der Waals surface area contributed by atoms with Gasteiger partial charge in [-0.15, -0.1) is 0 Å². The zero-order valence-electron chi connectivity index (χ0n) is 24.2. The molecule has 1 N–H and O–H groups in total. The number of rotatable bonds is 16. The van der Waals surface area contributed by atoms with Crippen molar-refractivity contribution in [2.45, 2.75) is 51.1 Å². The highest BCUT2D eigenvalue weighted by Gasteiger charge is 2.28. The number of azide groups is 1. The average Bonchev–Trinajstić information content (AvgIpc) is 2.95. The van der Waals surface area contributed by atoms with Gasteiger partial charge in [0, 0.05) is 18.3 Å². The number of hydrogen-bond acceptors (Lipinski definition) is 10. The van der Waals surface area contributed by atoms with E-state index in [0.717, 1.165) is 5.56 Å². The topological polar surface area (TPSA) is 183 Å². The molecule has 0 aromatic heterocycles. The van der Waals surface area contributed by atoms with Crippen LogP contribution in [0.2, 0.25) is 0 Å². The molecule has 14 heteroatoms. The molecule has 3 atom stereocenters.